The number of piperidine rings is 1. The van der Waals surface area contributed by atoms with Crippen LogP contribution in [0, 0.1) is 0 Å². The van der Waals surface area contributed by atoms with Gasteiger partial charge in [-0.3, -0.25) is 9.59 Å². The minimum atomic E-state index is -0.802. The van der Waals surface area contributed by atoms with Crippen molar-refractivity contribution in [3.05, 3.63) is 64.3 Å². The van der Waals surface area contributed by atoms with Crippen molar-refractivity contribution >= 4 is 38.6 Å². The topological polar surface area (TPSA) is 80.8 Å². The lowest BCUT2D eigenvalue weighted by molar-refractivity contribution is -0.0246. The van der Waals surface area contributed by atoms with Gasteiger partial charge in [-0.05, 0) is 30.3 Å². The van der Waals surface area contributed by atoms with Crippen molar-refractivity contribution in [2.75, 3.05) is 20.2 Å². The molecule has 1 N–H and O–H groups in total. The summed E-state index contributed by atoms with van der Waals surface area (Å²) in [7, 11) is 1.58. The van der Waals surface area contributed by atoms with E-state index >= 15 is 0 Å². The quantitative estimate of drug-likeness (QED) is 0.602. The lowest BCUT2D eigenvalue weighted by Crippen LogP contribution is -2.61. The number of halogens is 1. The van der Waals surface area contributed by atoms with Crippen LogP contribution in [0.1, 0.15) is 33.7 Å². The summed E-state index contributed by atoms with van der Waals surface area (Å²) in [4.78, 5) is 32.1. The largest absolute Gasteiger partial charge is 0.496 e. The van der Waals surface area contributed by atoms with E-state index in [0.717, 1.165) is 9.86 Å². The molecule has 2 aliphatic heterocycles. The summed E-state index contributed by atoms with van der Waals surface area (Å²) in [6.45, 7) is 0.892. The third-order valence-corrected chi connectivity index (χ3v) is 6.30. The van der Waals surface area contributed by atoms with E-state index in [0.29, 0.717) is 54.2 Å². The summed E-state index contributed by atoms with van der Waals surface area (Å²) in [5.41, 5.74) is 0.758. The molecule has 8 heteroatoms. The van der Waals surface area contributed by atoms with Crippen molar-refractivity contribution in [3.63, 3.8) is 0 Å². The zero-order valence-corrected chi connectivity index (χ0v) is 18.4. The number of aromatic nitrogens is 1. The SMILES string of the molecule is COc1cc(C(=O)N2CCC3(CC2)NC(=O)c2cc(Br)ccc2O3)nc2ccccc12. The highest BCUT2D eigenvalue weighted by molar-refractivity contribution is 9.10. The van der Waals surface area contributed by atoms with Crippen LogP contribution in [0.15, 0.2) is 53.0 Å². The first-order valence-corrected chi connectivity index (χ1v) is 10.8. The van der Waals surface area contributed by atoms with Crippen LogP contribution < -0.4 is 14.8 Å². The number of nitrogens with zero attached hydrogens (tertiary/aromatic N) is 2. The van der Waals surface area contributed by atoms with Crippen molar-refractivity contribution in [2.45, 2.75) is 18.6 Å². The molecule has 3 heterocycles. The van der Waals surface area contributed by atoms with Gasteiger partial charge < -0.3 is 19.7 Å². The fourth-order valence-corrected chi connectivity index (χ4v) is 4.52. The number of pyridine rings is 1. The van der Waals surface area contributed by atoms with Gasteiger partial charge >= 0.3 is 0 Å². The first-order chi connectivity index (χ1) is 15.0. The van der Waals surface area contributed by atoms with Gasteiger partial charge in [0.05, 0.1) is 18.2 Å². The van der Waals surface area contributed by atoms with E-state index in [9.17, 15) is 9.59 Å². The summed E-state index contributed by atoms with van der Waals surface area (Å²) >= 11 is 3.38. The first kappa shape index (κ1) is 19.8. The van der Waals surface area contributed by atoms with Gasteiger partial charge in [0, 0.05) is 41.9 Å². The molecule has 2 amide bonds. The highest BCUT2D eigenvalue weighted by atomic mass is 79.9. The van der Waals surface area contributed by atoms with E-state index in [1.54, 1.807) is 30.2 Å². The van der Waals surface area contributed by atoms with Crippen molar-refractivity contribution in [1.29, 1.82) is 0 Å². The molecule has 31 heavy (non-hydrogen) atoms. The molecule has 7 nitrogen and oxygen atoms in total. The predicted octanol–water partition coefficient (Wildman–Crippen LogP) is 3.76. The van der Waals surface area contributed by atoms with Crippen molar-refractivity contribution < 1.29 is 19.1 Å². The van der Waals surface area contributed by atoms with Crippen LogP contribution >= 0.6 is 15.9 Å². The van der Waals surface area contributed by atoms with Gasteiger partial charge in [-0.15, -0.1) is 0 Å². The molecule has 1 saturated heterocycles. The normalized spacial score (nSPS) is 17.1. The summed E-state index contributed by atoms with van der Waals surface area (Å²) in [5.74, 6) is 0.856. The van der Waals surface area contributed by atoms with E-state index in [4.69, 9.17) is 9.47 Å². The summed E-state index contributed by atoms with van der Waals surface area (Å²) in [6, 6.07) is 14.6. The Morgan fingerprint density at radius 2 is 1.97 bits per heavy atom. The maximum atomic E-state index is 13.2. The lowest BCUT2D eigenvalue weighted by Gasteiger charge is -2.44. The van der Waals surface area contributed by atoms with Crippen LogP contribution in [0.25, 0.3) is 10.9 Å². The number of fused-ring (bicyclic) bond motifs is 2. The Labute approximate surface area is 187 Å². The molecular formula is C23H20BrN3O4. The number of carbonyl (C=O) groups excluding carboxylic acids is 2. The van der Waals surface area contributed by atoms with Crippen molar-refractivity contribution in [3.8, 4) is 11.5 Å². The monoisotopic (exact) mass is 481 g/mol. The van der Waals surface area contributed by atoms with E-state index in [1.165, 1.54) is 0 Å². The molecule has 1 aromatic heterocycles. The number of benzene rings is 2. The van der Waals surface area contributed by atoms with Gasteiger partial charge in [-0.2, -0.15) is 0 Å². The highest BCUT2D eigenvalue weighted by Gasteiger charge is 2.43. The second-order valence-corrected chi connectivity index (χ2v) is 8.63. The smallest absolute Gasteiger partial charge is 0.272 e. The molecule has 158 valence electrons. The molecule has 2 aromatic carbocycles. The third-order valence-electron chi connectivity index (χ3n) is 5.81. The minimum Gasteiger partial charge on any atom is -0.496 e. The van der Waals surface area contributed by atoms with Crippen molar-refractivity contribution in [2.24, 2.45) is 0 Å². The first-order valence-electron chi connectivity index (χ1n) is 10.0. The van der Waals surface area contributed by atoms with Crippen LogP contribution in [0.4, 0.5) is 0 Å². The molecule has 0 atom stereocenters. The Balaban J connectivity index is 1.35. The van der Waals surface area contributed by atoms with E-state index < -0.39 is 5.72 Å². The van der Waals surface area contributed by atoms with Crippen LogP contribution in [-0.4, -0.2) is 47.6 Å². The molecule has 0 unspecified atom stereocenters. The molecule has 0 aliphatic carbocycles. The predicted molar refractivity (Wildman–Crippen MR) is 118 cm³/mol. The molecule has 1 spiro atoms. The Bertz CT molecular complexity index is 1200. The van der Waals surface area contributed by atoms with Crippen LogP contribution in [0.2, 0.25) is 0 Å². The molecule has 0 bridgehead atoms. The summed E-state index contributed by atoms with van der Waals surface area (Å²) in [5, 5.41) is 3.86. The van der Waals surface area contributed by atoms with Crippen molar-refractivity contribution in [1.82, 2.24) is 15.2 Å². The van der Waals surface area contributed by atoms with Gasteiger partial charge in [0.1, 0.15) is 17.2 Å². The number of para-hydroxylation sites is 1. The number of hydrogen-bond donors (Lipinski definition) is 1. The molecule has 0 saturated carbocycles. The van der Waals surface area contributed by atoms with E-state index in [-0.39, 0.29) is 11.8 Å². The molecule has 1 fully saturated rings. The molecule has 0 radical (unpaired) electrons. The summed E-state index contributed by atoms with van der Waals surface area (Å²) < 4.78 is 12.5. The number of likely N-dealkylation sites (tertiary alicyclic amines) is 1. The van der Waals surface area contributed by atoms with Crippen LogP contribution in [0.5, 0.6) is 11.5 Å². The van der Waals surface area contributed by atoms with Crippen LogP contribution in [-0.2, 0) is 0 Å². The Morgan fingerprint density at radius 3 is 2.74 bits per heavy atom. The van der Waals surface area contributed by atoms with E-state index in [2.05, 4.69) is 26.2 Å². The van der Waals surface area contributed by atoms with Gasteiger partial charge in [-0.1, -0.05) is 28.1 Å². The molecule has 3 aromatic rings. The number of hydrogen-bond acceptors (Lipinski definition) is 5. The van der Waals surface area contributed by atoms with Crippen LogP contribution in [0.3, 0.4) is 0 Å². The fraction of sp³-hybridized carbons (Fsp3) is 0.261. The maximum Gasteiger partial charge on any atom is 0.272 e. The standard InChI is InChI=1S/C23H20BrN3O4/c1-30-20-13-18(25-17-5-3-2-4-15(17)20)22(29)27-10-8-23(9-11-27)26-21(28)16-12-14(24)6-7-19(16)31-23/h2-7,12-13H,8-11H2,1H3,(H,26,28). The van der Waals surface area contributed by atoms with Gasteiger partial charge in [0.15, 0.2) is 5.72 Å². The molecule has 5 rings (SSSR count). The Morgan fingerprint density at radius 1 is 1.19 bits per heavy atom. The average Bonchev–Trinajstić information content (AvgIpc) is 2.79. The number of methoxy groups -OCH3 is 1. The van der Waals surface area contributed by atoms with Gasteiger partial charge in [0.2, 0.25) is 0 Å². The van der Waals surface area contributed by atoms with E-state index in [1.807, 2.05) is 30.3 Å². The second kappa shape index (κ2) is 7.53. The number of amides is 2. The Kier molecular flexibility index (Phi) is 4.81. The minimum absolute atomic E-state index is 0.162. The summed E-state index contributed by atoms with van der Waals surface area (Å²) in [6.07, 6.45) is 0.982. The zero-order valence-electron chi connectivity index (χ0n) is 16.9. The van der Waals surface area contributed by atoms with Gasteiger partial charge in [-0.25, -0.2) is 4.98 Å². The fourth-order valence-electron chi connectivity index (χ4n) is 4.16. The lowest BCUT2D eigenvalue weighted by atomic mass is 9.96. The molecule has 2 aliphatic rings. The van der Waals surface area contributed by atoms with Gasteiger partial charge in [0.25, 0.3) is 11.8 Å². The number of rotatable bonds is 2. The second-order valence-electron chi connectivity index (χ2n) is 7.71. The highest BCUT2D eigenvalue weighted by Crippen LogP contribution is 2.35. The Hall–Kier alpha value is -3.13. The molecular weight excluding hydrogens is 462 g/mol. The maximum absolute atomic E-state index is 13.2. The number of nitrogens with one attached hydrogen (secondary N) is 1. The zero-order chi connectivity index (χ0) is 21.6. The number of carbonyl (C=O) groups is 2. The average molecular weight is 482 g/mol. The third kappa shape index (κ3) is 3.50. The number of ether oxygens (including phenoxy) is 2.